The van der Waals surface area contributed by atoms with E-state index >= 15 is 0 Å². The van der Waals surface area contributed by atoms with Gasteiger partial charge in [-0.25, -0.2) is 13.6 Å². The van der Waals surface area contributed by atoms with E-state index in [9.17, 15) is 13.6 Å². The standard InChI is InChI=1S/C21H23F2N3O/c22-16-5-6-18(19(23)11-16)20-17-4-2-1-3-15(17)8-10-26(20)21(27)25-9-7-14(12-24)13-25/h1-6,11,14,20H,7-10,12-13,24H2/t14-,20-/m1/s1. The Morgan fingerprint density at radius 1 is 1.11 bits per heavy atom. The first-order valence-electron chi connectivity index (χ1n) is 9.37. The predicted octanol–water partition coefficient (Wildman–Crippen LogP) is 3.31. The number of fused-ring (bicyclic) bond motifs is 1. The zero-order valence-electron chi connectivity index (χ0n) is 15.1. The highest BCUT2D eigenvalue weighted by Crippen LogP contribution is 2.37. The van der Waals surface area contributed by atoms with E-state index in [1.807, 2.05) is 24.3 Å². The Labute approximate surface area is 157 Å². The molecule has 0 radical (unpaired) electrons. The second kappa shape index (κ2) is 7.27. The molecule has 2 aliphatic heterocycles. The zero-order chi connectivity index (χ0) is 19.0. The van der Waals surface area contributed by atoms with Crippen LogP contribution >= 0.6 is 0 Å². The molecule has 0 saturated carbocycles. The van der Waals surface area contributed by atoms with Crippen molar-refractivity contribution in [3.63, 3.8) is 0 Å². The molecule has 2 aliphatic rings. The molecular weight excluding hydrogens is 348 g/mol. The summed E-state index contributed by atoms with van der Waals surface area (Å²) in [6.07, 6.45) is 1.61. The normalized spacial score (nSPS) is 22.0. The van der Waals surface area contributed by atoms with Crippen molar-refractivity contribution in [2.24, 2.45) is 11.7 Å². The molecular formula is C21H23F2N3O. The van der Waals surface area contributed by atoms with E-state index in [2.05, 4.69) is 0 Å². The summed E-state index contributed by atoms with van der Waals surface area (Å²) in [7, 11) is 0. The minimum Gasteiger partial charge on any atom is -0.330 e. The molecule has 2 N–H and O–H groups in total. The molecule has 0 aromatic heterocycles. The summed E-state index contributed by atoms with van der Waals surface area (Å²) in [5.41, 5.74) is 8.07. The van der Waals surface area contributed by atoms with Crippen molar-refractivity contribution in [1.29, 1.82) is 0 Å². The van der Waals surface area contributed by atoms with Crippen LogP contribution in [0.25, 0.3) is 0 Å². The number of benzene rings is 2. The second-order valence-electron chi connectivity index (χ2n) is 7.33. The first-order valence-corrected chi connectivity index (χ1v) is 9.37. The third-order valence-corrected chi connectivity index (χ3v) is 5.68. The van der Waals surface area contributed by atoms with Crippen LogP contribution in [-0.2, 0) is 6.42 Å². The summed E-state index contributed by atoms with van der Waals surface area (Å²) in [5.74, 6) is -0.939. The maximum Gasteiger partial charge on any atom is 0.320 e. The fourth-order valence-corrected chi connectivity index (χ4v) is 4.21. The number of hydrogen-bond acceptors (Lipinski definition) is 2. The van der Waals surface area contributed by atoms with E-state index < -0.39 is 17.7 Å². The monoisotopic (exact) mass is 371 g/mol. The average Bonchev–Trinajstić information content (AvgIpc) is 3.16. The van der Waals surface area contributed by atoms with Gasteiger partial charge in [0.05, 0.1) is 6.04 Å². The van der Waals surface area contributed by atoms with Crippen LogP contribution in [0.3, 0.4) is 0 Å². The van der Waals surface area contributed by atoms with Crippen molar-refractivity contribution < 1.29 is 13.6 Å². The number of rotatable bonds is 2. The molecule has 4 nitrogen and oxygen atoms in total. The van der Waals surface area contributed by atoms with E-state index in [0.717, 1.165) is 30.0 Å². The molecule has 4 rings (SSSR count). The number of halogens is 2. The summed E-state index contributed by atoms with van der Waals surface area (Å²) in [6, 6.07) is 10.7. The lowest BCUT2D eigenvalue weighted by atomic mass is 9.88. The van der Waals surface area contributed by atoms with E-state index in [0.29, 0.717) is 37.7 Å². The van der Waals surface area contributed by atoms with Gasteiger partial charge in [0.1, 0.15) is 11.6 Å². The van der Waals surface area contributed by atoms with Crippen LogP contribution in [-0.4, -0.2) is 42.0 Å². The van der Waals surface area contributed by atoms with Gasteiger partial charge in [0.2, 0.25) is 0 Å². The number of hydrogen-bond donors (Lipinski definition) is 1. The molecule has 2 aromatic rings. The zero-order valence-corrected chi connectivity index (χ0v) is 15.1. The Morgan fingerprint density at radius 2 is 1.93 bits per heavy atom. The molecule has 2 atom stereocenters. The molecule has 142 valence electrons. The molecule has 6 heteroatoms. The summed E-state index contributed by atoms with van der Waals surface area (Å²) in [4.78, 5) is 16.8. The van der Waals surface area contributed by atoms with Gasteiger partial charge in [0.25, 0.3) is 0 Å². The summed E-state index contributed by atoms with van der Waals surface area (Å²) in [6.45, 7) is 2.35. The highest BCUT2D eigenvalue weighted by atomic mass is 19.1. The van der Waals surface area contributed by atoms with Gasteiger partial charge in [0, 0.05) is 31.3 Å². The van der Waals surface area contributed by atoms with Gasteiger partial charge in [-0.15, -0.1) is 0 Å². The van der Waals surface area contributed by atoms with E-state index in [1.165, 1.54) is 12.1 Å². The van der Waals surface area contributed by atoms with Gasteiger partial charge in [-0.1, -0.05) is 30.3 Å². The highest BCUT2D eigenvalue weighted by molar-refractivity contribution is 5.76. The van der Waals surface area contributed by atoms with E-state index in [4.69, 9.17) is 5.73 Å². The smallest absolute Gasteiger partial charge is 0.320 e. The molecule has 0 bridgehead atoms. The minimum atomic E-state index is -0.629. The van der Waals surface area contributed by atoms with E-state index in [1.54, 1.807) is 9.80 Å². The quantitative estimate of drug-likeness (QED) is 0.881. The minimum absolute atomic E-state index is 0.103. The number of nitrogens with two attached hydrogens (primary N) is 1. The van der Waals surface area contributed by atoms with Crippen molar-refractivity contribution in [2.45, 2.75) is 18.9 Å². The van der Waals surface area contributed by atoms with Gasteiger partial charge in [-0.3, -0.25) is 0 Å². The van der Waals surface area contributed by atoms with Crippen LogP contribution in [0.15, 0.2) is 42.5 Å². The van der Waals surface area contributed by atoms with Crippen molar-refractivity contribution in [3.8, 4) is 0 Å². The van der Waals surface area contributed by atoms with Crippen LogP contribution < -0.4 is 5.73 Å². The van der Waals surface area contributed by atoms with Crippen molar-refractivity contribution >= 4 is 6.03 Å². The first kappa shape index (κ1) is 17.9. The maximum atomic E-state index is 14.7. The van der Waals surface area contributed by atoms with Crippen molar-refractivity contribution in [1.82, 2.24) is 9.80 Å². The van der Waals surface area contributed by atoms with Crippen LogP contribution in [0, 0.1) is 17.6 Å². The number of carbonyl (C=O) groups excluding carboxylic acids is 1. The lowest BCUT2D eigenvalue weighted by molar-refractivity contribution is 0.144. The third kappa shape index (κ3) is 3.30. The molecule has 2 aromatic carbocycles. The molecule has 0 aliphatic carbocycles. The molecule has 1 saturated heterocycles. The highest BCUT2D eigenvalue weighted by Gasteiger charge is 2.37. The predicted molar refractivity (Wildman–Crippen MR) is 99.2 cm³/mol. The number of likely N-dealkylation sites (tertiary alicyclic amines) is 1. The largest absolute Gasteiger partial charge is 0.330 e. The fraction of sp³-hybridized carbons (Fsp3) is 0.381. The number of carbonyl (C=O) groups is 1. The van der Waals surface area contributed by atoms with Crippen molar-refractivity contribution in [2.75, 3.05) is 26.2 Å². The Balaban J connectivity index is 1.73. The SMILES string of the molecule is NC[C@H]1CCN(C(=O)N2CCc3ccccc3[C@@H]2c2ccc(F)cc2F)C1. The molecule has 2 amide bonds. The lowest BCUT2D eigenvalue weighted by Crippen LogP contribution is -2.47. The van der Waals surface area contributed by atoms with Crippen LogP contribution in [0.1, 0.15) is 29.2 Å². The average molecular weight is 371 g/mol. The summed E-state index contributed by atoms with van der Waals surface area (Å²) < 4.78 is 28.1. The van der Waals surface area contributed by atoms with Crippen LogP contribution in [0.4, 0.5) is 13.6 Å². The first-order chi connectivity index (χ1) is 13.1. The van der Waals surface area contributed by atoms with Gasteiger partial charge in [-0.2, -0.15) is 0 Å². The Morgan fingerprint density at radius 3 is 2.67 bits per heavy atom. The Hall–Kier alpha value is -2.47. The Bertz CT molecular complexity index is 857. The Kier molecular flexibility index (Phi) is 4.83. The van der Waals surface area contributed by atoms with Gasteiger partial charge < -0.3 is 15.5 Å². The second-order valence-corrected chi connectivity index (χ2v) is 7.33. The molecule has 0 unspecified atom stereocenters. The number of amides is 2. The van der Waals surface area contributed by atoms with Gasteiger partial charge in [0.15, 0.2) is 0 Å². The summed E-state index contributed by atoms with van der Waals surface area (Å²) >= 11 is 0. The maximum absolute atomic E-state index is 14.7. The third-order valence-electron chi connectivity index (χ3n) is 5.68. The van der Waals surface area contributed by atoms with E-state index in [-0.39, 0.29) is 6.03 Å². The van der Waals surface area contributed by atoms with Gasteiger partial charge in [-0.05, 0) is 42.5 Å². The number of urea groups is 1. The lowest BCUT2D eigenvalue weighted by Gasteiger charge is -2.39. The number of nitrogens with zero attached hydrogens (tertiary/aromatic N) is 2. The molecule has 1 fully saturated rings. The molecule has 2 heterocycles. The molecule has 27 heavy (non-hydrogen) atoms. The molecule has 0 spiro atoms. The van der Waals surface area contributed by atoms with Crippen LogP contribution in [0.5, 0.6) is 0 Å². The van der Waals surface area contributed by atoms with Gasteiger partial charge >= 0.3 is 6.03 Å². The fourth-order valence-electron chi connectivity index (χ4n) is 4.21. The van der Waals surface area contributed by atoms with Crippen molar-refractivity contribution in [3.05, 3.63) is 70.8 Å². The topological polar surface area (TPSA) is 49.6 Å². The summed E-state index contributed by atoms with van der Waals surface area (Å²) in [5, 5.41) is 0. The van der Waals surface area contributed by atoms with Crippen LogP contribution in [0.2, 0.25) is 0 Å².